The summed E-state index contributed by atoms with van der Waals surface area (Å²) < 4.78 is 0. The Bertz CT molecular complexity index is 1580. The molecule has 2 atom stereocenters. The van der Waals surface area contributed by atoms with E-state index in [2.05, 4.69) is 60.7 Å². The fraction of sp³-hybridized carbons (Fsp3) is 0.559. The molecular formula is C34H45N10O2+. The van der Waals surface area contributed by atoms with E-state index in [0.717, 1.165) is 55.7 Å². The fourth-order valence-corrected chi connectivity index (χ4v) is 7.38. The molecule has 12 nitrogen and oxygen atoms in total. The van der Waals surface area contributed by atoms with Crippen LogP contribution in [0, 0.1) is 17.4 Å². The highest BCUT2D eigenvalue weighted by atomic mass is 16.3. The third kappa shape index (κ3) is 6.89. The molecule has 2 saturated carbocycles. The standard InChI is InChI=1S/C34H44N10O2/c1-34(36-13-12-30(41-34)40-31-17-29(42-43-31)22-4-2-3-5-22)37-18-21-6-10-26(11-7-21)38-33(46)39-27-15-23-8-9-24(14-25(23)16-27)32(35)44-19-28(45)20-44/h8-9,12-14,17,21-22,26-28,35,45H,2-7,10-11,15-16,19-20H2,1H3,(H4-,36,38,39,40,41,42,43,46)/p+1. The predicted octanol–water partition coefficient (Wildman–Crippen LogP) is 4.03. The molecular weight excluding hydrogens is 580 g/mol. The molecule has 3 heterocycles. The molecule has 2 amide bonds. The molecule has 12 heteroatoms. The van der Waals surface area contributed by atoms with Crippen LogP contribution in [0.1, 0.15) is 86.6 Å². The second-order valence-corrected chi connectivity index (χ2v) is 13.7. The Kier molecular flexibility index (Phi) is 8.42. The van der Waals surface area contributed by atoms with Gasteiger partial charge in [-0.1, -0.05) is 25.0 Å². The number of nitrogens with one attached hydrogen (secondary N) is 6. The number of β-amino-alcohol motifs (C(OH)–C–C–N with tert-alkyl or cyclic N) is 1. The molecule has 2 aromatic rings. The number of rotatable bonds is 6. The fourth-order valence-electron chi connectivity index (χ4n) is 7.38. The van der Waals surface area contributed by atoms with Gasteiger partial charge in [0, 0.05) is 54.6 Å². The van der Waals surface area contributed by atoms with E-state index in [1.165, 1.54) is 42.5 Å². The van der Waals surface area contributed by atoms with Gasteiger partial charge < -0.3 is 26.0 Å². The van der Waals surface area contributed by atoms with Gasteiger partial charge in [-0.25, -0.2) is 4.79 Å². The zero-order valence-electron chi connectivity index (χ0n) is 26.5. The summed E-state index contributed by atoms with van der Waals surface area (Å²) in [6, 6.07) is 11.6. The minimum Gasteiger partial charge on any atom is -0.389 e. The van der Waals surface area contributed by atoms with Gasteiger partial charge in [-0.05, 0) is 79.5 Å². The van der Waals surface area contributed by atoms with Gasteiger partial charge >= 0.3 is 11.8 Å². The molecule has 46 heavy (non-hydrogen) atoms. The lowest BCUT2D eigenvalue weighted by Crippen LogP contribution is -2.53. The summed E-state index contributed by atoms with van der Waals surface area (Å²) in [6.45, 7) is 2.96. The molecule has 1 saturated heterocycles. The van der Waals surface area contributed by atoms with Crippen molar-refractivity contribution in [3.8, 4) is 6.07 Å². The van der Waals surface area contributed by atoms with E-state index in [1.807, 2.05) is 24.0 Å². The molecule has 7 N–H and O–H groups in total. The molecule has 2 unspecified atom stereocenters. The number of hydrogen-bond donors (Lipinski definition) is 7. The minimum absolute atomic E-state index is 0.0437. The summed E-state index contributed by atoms with van der Waals surface area (Å²) >= 11 is 0. The lowest BCUT2D eigenvalue weighted by atomic mass is 9.87. The van der Waals surface area contributed by atoms with Crippen LogP contribution in [-0.4, -0.2) is 75.3 Å². The second kappa shape index (κ2) is 12.8. The molecule has 1 aromatic heterocycles. The van der Waals surface area contributed by atoms with Crippen LogP contribution in [0.25, 0.3) is 4.85 Å². The number of carbonyl (C=O) groups is 1. The van der Waals surface area contributed by atoms with Gasteiger partial charge in [0.05, 0.1) is 18.9 Å². The Morgan fingerprint density at radius 3 is 2.61 bits per heavy atom. The largest absolute Gasteiger partial charge is 0.449 e. The van der Waals surface area contributed by atoms with E-state index in [0.29, 0.717) is 24.8 Å². The van der Waals surface area contributed by atoms with E-state index in [9.17, 15) is 9.90 Å². The first-order valence-electron chi connectivity index (χ1n) is 16.8. The van der Waals surface area contributed by atoms with E-state index in [4.69, 9.17) is 10.3 Å². The Hall–Kier alpha value is -4.37. The number of hydrogen-bond acceptors (Lipinski definition) is 7. The zero-order valence-corrected chi connectivity index (χ0v) is 26.5. The van der Waals surface area contributed by atoms with Crippen LogP contribution in [-0.2, 0) is 12.8 Å². The SMILES string of the molecule is CC1([N+]#CC2CCC(NC(=O)NC3Cc4ccc(C(=N)N5CC(O)C5)cc4C3)CC2)N=CC=C(Nc2cc(C3CCCC3)[nH]n2)N1. The highest BCUT2D eigenvalue weighted by Crippen LogP contribution is 2.34. The number of carbonyl (C=O) groups excluding carboxylic acids is 1. The van der Waals surface area contributed by atoms with Gasteiger partial charge in [0.1, 0.15) is 11.7 Å². The van der Waals surface area contributed by atoms with Crippen molar-refractivity contribution < 1.29 is 9.90 Å². The number of nitrogens with zero attached hydrogens (tertiary/aromatic N) is 4. The first kappa shape index (κ1) is 30.3. The third-order valence-corrected chi connectivity index (χ3v) is 10.0. The van der Waals surface area contributed by atoms with Crippen LogP contribution in [0.2, 0.25) is 0 Å². The highest BCUT2D eigenvalue weighted by molar-refractivity contribution is 5.97. The summed E-state index contributed by atoms with van der Waals surface area (Å²) in [5.74, 6) is 1.99. The molecule has 5 aliphatic rings. The van der Waals surface area contributed by atoms with E-state index in [1.54, 1.807) is 6.21 Å². The first-order valence-corrected chi connectivity index (χ1v) is 16.8. The molecule has 3 aliphatic carbocycles. The third-order valence-electron chi connectivity index (χ3n) is 10.0. The molecule has 7 rings (SSSR count). The number of fused-ring (bicyclic) bond motifs is 1. The molecule has 3 fully saturated rings. The Morgan fingerprint density at radius 1 is 1.07 bits per heavy atom. The number of aromatic nitrogens is 2. The van der Waals surface area contributed by atoms with Crippen LogP contribution >= 0.6 is 0 Å². The monoisotopic (exact) mass is 625 g/mol. The summed E-state index contributed by atoms with van der Waals surface area (Å²) in [7, 11) is 0. The van der Waals surface area contributed by atoms with Gasteiger partial charge in [0.15, 0.2) is 5.82 Å². The average molecular weight is 626 g/mol. The molecule has 2 aliphatic heterocycles. The zero-order chi connectivity index (χ0) is 31.7. The maximum atomic E-state index is 12.9. The number of anilines is 1. The van der Waals surface area contributed by atoms with Crippen LogP contribution < -0.4 is 21.3 Å². The van der Waals surface area contributed by atoms with Crippen molar-refractivity contribution in [3.05, 3.63) is 63.4 Å². The van der Waals surface area contributed by atoms with Gasteiger partial charge in [0.2, 0.25) is 0 Å². The summed E-state index contributed by atoms with van der Waals surface area (Å²) in [6.07, 6.45) is 13.5. The number of allylic oxidation sites excluding steroid dienone is 1. The van der Waals surface area contributed by atoms with E-state index >= 15 is 0 Å². The summed E-state index contributed by atoms with van der Waals surface area (Å²) in [5, 5.41) is 38.7. The lowest BCUT2D eigenvalue weighted by molar-refractivity contribution is 0.0465. The molecule has 242 valence electrons. The van der Waals surface area contributed by atoms with E-state index < -0.39 is 5.79 Å². The number of aliphatic imine (C=N–C) groups is 1. The van der Waals surface area contributed by atoms with Crippen LogP contribution in [0.15, 0.2) is 41.2 Å². The Morgan fingerprint density at radius 2 is 1.83 bits per heavy atom. The van der Waals surface area contributed by atoms with Crippen molar-refractivity contribution in [2.24, 2.45) is 10.9 Å². The van der Waals surface area contributed by atoms with Crippen molar-refractivity contribution in [3.63, 3.8) is 0 Å². The summed E-state index contributed by atoms with van der Waals surface area (Å²) in [5.41, 5.74) is 4.47. The van der Waals surface area contributed by atoms with Crippen LogP contribution in [0.3, 0.4) is 0 Å². The maximum absolute atomic E-state index is 12.9. The molecule has 0 bridgehead atoms. The topological polar surface area (TPSA) is 158 Å². The number of aromatic amines is 1. The smallest absolute Gasteiger partial charge is 0.389 e. The van der Waals surface area contributed by atoms with Gasteiger partial charge in [-0.2, -0.15) is 10.1 Å². The number of H-pyrrole nitrogens is 1. The van der Waals surface area contributed by atoms with Gasteiger partial charge in [-0.15, -0.1) is 0 Å². The highest BCUT2D eigenvalue weighted by Gasteiger charge is 2.37. The van der Waals surface area contributed by atoms with Gasteiger partial charge in [0.25, 0.3) is 6.07 Å². The van der Waals surface area contributed by atoms with Crippen molar-refractivity contribution in [1.29, 1.82) is 5.41 Å². The number of aliphatic hydroxyl groups is 1. The number of likely N-dealkylation sites (tertiary alicyclic amines) is 1. The average Bonchev–Trinajstić information content (AvgIpc) is 3.80. The normalized spacial score (nSPS) is 27.5. The molecule has 0 radical (unpaired) electrons. The number of urea groups is 1. The lowest BCUT2D eigenvalue weighted by Gasteiger charge is -2.37. The van der Waals surface area contributed by atoms with E-state index in [-0.39, 0.29) is 30.1 Å². The van der Waals surface area contributed by atoms with Crippen molar-refractivity contribution in [2.45, 2.75) is 101 Å². The molecule has 1 aromatic carbocycles. The van der Waals surface area contributed by atoms with Crippen molar-refractivity contribution in [1.82, 2.24) is 31.0 Å². The maximum Gasteiger partial charge on any atom is 0.449 e. The summed E-state index contributed by atoms with van der Waals surface area (Å²) in [4.78, 5) is 24.0. The number of benzene rings is 1. The predicted molar refractivity (Wildman–Crippen MR) is 178 cm³/mol. The van der Waals surface area contributed by atoms with Crippen LogP contribution in [0.5, 0.6) is 0 Å². The Labute approximate surface area is 269 Å². The van der Waals surface area contributed by atoms with Crippen molar-refractivity contribution >= 4 is 23.9 Å². The number of aliphatic hydroxyl groups excluding tert-OH is 1. The molecule has 0 spiro atoms. The van der Waals surface area contributed by atoms with Gasteiger partial charge in [-0.3, -0.25) is 15.8 Å². The minimum atomic E-state index is -0.839. The van der Waals surface area contributed by atoms with Crippen molar-refractivity contribution in [2.75, 3.05) is 18.4 Å². The number of amidine groups is 1. The second-order valence-electron chi connectivity index (χ2n) is 13.7. The number of amides is 2. The first-order chi connectivity index (χ1) is 22.3. The van der Waals surface area contributed by atoms with Crippen LogP contribution in [0.4, 0.5) is 10.6 Å². The Balaban J connectivity index is 0.841. The quantitative estimate of drug-likeness (QED) is 0.190.